The Morgan fingerprint density at radius 3 is 0.750 bits per heavy atom. The van der Waals surface area contributed by atoms with Gasteiger partial charge in [0.05, 0.1) is 0 Å². The van der Waals surface area contributed by atoms with Crippen LogP contribution in [-0.2, 0) is 0 Å². The van der Waals surface area contributed by atoms with Gasteiger partial charge in [0, 0.05) is 17.6 Å². The SMILES string of the molecule is [Ba+2].[Ge].[Se-2].[Se-2]. The van der Waals surface area contributed by atoms with Crippen LogP contribution in [0.2, 0.25) is 0 Å². The molecule has 0 spiro atoms. The average molecular weight is 368 g/mol. The molecule has 4 heteroatoms. The Labute approximate surface area is 98.2 Å². The maximum atomic E-state index is 0. The summed E-state index contributed by atoms with van der Waals surface area (Å²) in [5.41, 5.74) is 0. The zero-order valence-electron chi connectivity index (χ0n) is 2.02. The van der Waals surface area contributed by atoms with Crippen LogP contribution < -0.4 is 0 Å². The first-order valence-electron chi connectivity index (χ1n) is 0. The van der Waals surface area contributed by atoms with Crippen LogP contribution in [0.1, 0.15) is 0 Å². The van der Waals surface area contributed by atoms with Crippen LogP contribution in [0.25, 0.3) is 0 Å². The number of hydrogen-bond acceptors (Lipinski definition) is 0. The van der Waals surface area contributed by atoms with Crippen molar-refractivity contribution in [3.63, 3.8) is 0 Å². The van der Waals surface area contributed by atoms with E-state index < -0.39 is 0 Å². The van der Waals surface area contributed by atoms with Crippen LogP contribution in [-0.4, -0.2) is 101 Å². The molecule has 4 radical (unpaired) electrons. The van der Waals surface area contributed by atoms with Gasteiger partial charge in [0.1, 0.15) is 0 Å². The van der Waals surface area contributed by atoms with E-state index >= 15 is 0 Å². The van der Waals surface area contributed by atoms with Gasteiger partial charge in [-0.2, -0.15) is 0 Å². The van der Waals surface area contributed by atoms with E-state index in [1.54, 1.807) is 0 Å². The molecule has 0 aromatic rings. The van der Waals surface area contributed by atoms with Crippen LogP contribution in [0.5, 0.6) is 0 Å². The Kier molecular flexibility index (Phi) is 112. The van der Waals surface area contributed by atoms with E-state index in [1.165, 1.54) is 0 Å². The minimum absolute atomic E-state index is 0. The van der Waals surface area contributed by atoms with Crippen molar-refractivity contribution in [2.75, 3.05) is 0 Å². The van der Waals surface area contributed by atoms with Gasteiger partial charge in [0.2, 0.25) is 0 Å². The third kappa shape index (κ3) is 8.94. The fourth-order valence-electron chi connectivity index (χ4n) is 0. The second-order valence-electron chi connectivity index (χ2n) is 0. The van der Waals surface area contributed by atoms with Gasteiger partial charge in [0.25, 0.3) is 0 Å². The zero-order chi connectivity index (χ0) is 0. The third-order valence-corrected chi connectivity index (χ3v) is 0. The predicted molar refractivity (Wildman–Crippen MR) is 23.0 cm³/mol. The van der Waals surface area contributed by atoms with Crippen molar-refractivity contribution in [1.82, 2.24) is 0 Å². The average Bonchev–Trinajstić information content (AvgIpc) is 0. The van der Waals surface area contributed by atoms with Crippen molar-refractivity contribution in [3.05, 3.63) is 0 Å². The van der Waals surface area contributed by atoms with E-state index in [0.29, 0.717) is 0 Å². The van der Waals surface area contributed by atoms with Crippen molar-refractivity contribution in [1.29, 1.82) is 0 Å². The second kappa shape index (κ2) is 16.4. The van der Waals surface area contributed by atoms with Gasteiger partial charge in [-0.3, -0.25) is 0 Å². The molecule has 0 aliphatic carbocycles. The monoisotopic (exact) mass is 372 g/mol. The van der Waals surface area contributed by atoms with E-state index in [2.05, 4.69) is 0 Å². The molecule has 0 saturated carbocycles. The minimum atomic E-state index is 0. The van der Waals surface area contributed by atoms with Crippen molar-refractivity contribution in [2.24, 2.45) is 0 Å². The summed E-state index contributed by atoms with van der Waals surface area (Å²) in [5, 5.41) is 0. The third-order valence-electron chi connectivity index (χ3n) is 0. The fourth-order valence-corrected chi connectivity index (χ4v) is 0. The minimum Gasteiger partial charge on any atom is -2.00 e. The molecule has 0 aromatic carbocycles. The molecule has 4 heavy (non-hydrogen) atoms. The molecule has 0 unspecified atom stereocenters. The van der Waals surface area contributed by atoms with Crippen molar-refractivity contribution in [3.8, 4) is 0 Å². The van der Waals surface area contributed by atoms with Gasteiger partial charge in [0.15, 0.2) is 0 Å². The molecule has 0 atom stereocenters. The molecule has 0 N–H and O–H groups in total. The smallest absolute Gasteiger partial charge is 2.00 e. The molecule has 0 aromatic heterocycles. The molecule has 0 aliphatic heterocycles. The Morgan fingerprint density at radius 2 is 0.750 bits per heavy atom. The topological polar surface area (TPSA) is 0 Å². The summed E-state index contributed by atoms with van der Waals surface area (Å²) >= 11 is 0. The van der Waals surface area contributed by atoms with Gasteiger partial charge >= 0.3 is 48.9 Å². The van der Waals surface area contributed by atoms with Crippen molar-refractivity contribution < 1.29 is 0 Å². The van der Waals surface area contributed by atoms with Crippen LogP contribution in [0.15, 0.2) is 0 Å². The Morgan fingerprint density at radius 1 is 0.750 bits per heavy atom. The molecule has 0 rings (SSSR count). The van der Waals surface area contributed by atoms with Gasteiger partial charge < -0.3 is 34.1 Å². The summed E-state index contributed by atoms with van der Waals surface area (Å²) in [6.45, 7) is 0. The molecule has 0 aliphatic rings. The molecule has 0 heterocycles. The number of hydrogen-bond donors (Lipinski definition) is 0. The van der Waals surface area contributed by atoms with Gasteiger partial charge in [-0.05, 0) is 0 Å². The second-order valence-corrected chi connectivity index (χ2v) is 0. The molecule has 0 amide bonds. The standard InChI is InChI=1S/Ba.Ge.2Se/q+2;;2*-2. The maximum absolute atomic E-state index is 0. The van der Waals surface area contributed by atoms with Crippen molar-refractivity contribution >= 4 is 101 Å². The zero-order valence-corrected chi connectivity index (χ0v) is 12.0. The molecule has 0 nitrogen and oxygen atoms in total. The Hall–Kier alpha value is 3.15. The van der Waals surface area contributed by atoms with E-state index in [-0.39, 0.29) is 101 Å². The summed E-state index contributed by atoms with van der Waals surface area (Å²) in [7, 11) is 0. The van der Waals surface area contributed by atoms with E-state index in [0.717, 1.165) is 0 Å². The van der Waals surface area contributed by atoms with Crippen LogP contribution in [0, 0.1) is 0 Å². The summed E-state index contributed by atoms with van der Waals surface area (Å²) in [6.07, 6.45) is 0. The van der Waals surface area contributed by atoms with Crippen LogP contribution in [0.3, 0.4) is 0 Å². The summed E-state index contributed by atoms with van der Waals surface area (Å²) in [4.78, 5) is 0. The molecular weight excluding hydrogens is 368 g/mol. The predicted octanol–water partition coefficient (Wildman–Crippen LogP) is -1.52. The van der Waals surface area contributed by atoms with E-state index in [4.69, 9.17) is 0 Å². The summed E-state index contributed by atoms with van der Waals surface area (Å²) < 4.78 is 0. The molecule has 0 fully saturated rings. The summed E-state index contributed by atoms with van der Waals surface area (Å²) in [5.74, 6) is 0. The number of rotatable bonds is 0. The quantitative estimate of drug-likeness (QED) is 0.456. The molecule has 20 valence electrons. The Balaban J connectivity index is 0. The van der Waals surface area contributed by atoms with Gasteiger partial charge in [-0.25, -0.2) is 0 Å². The molecule has 0 bridgehead atoms. The van der Waals surface area contributed by atoms with Gasteiger partial charge in [-0.15, -0.1) is 0 Å². The maximum Gasteiger partial charge on any atom is 2.00 e. The summed E-state index contributed by atoms with van der Waals surface area (Å²) in [6, 6.07) is 0. The first-order valence-corrected chi connectivity index (χ1v) is 0. The molecular formula is BaGeSe2-2. The van der Waals surface area contributed by atoms with Crippen LogP contribution >= 0.6 is 0 Å². The largest absolute Gasteiger partial charge is 2.00 e. The Bertz CT molecular complexity index is 6.00. The fraction of sp³-hybridized carbons (Fsp3) is 0. The van der Waals surface area contributed by atoms with E-state index in [9.17, 15) is 0 Å². The molecule has 0 saturated heterocycles. The van der Waals surface area contributed by atoms with E-state index in [1.807, 2.05) is 0 Å². The first kappa shape index (κ1) is 27.2. The normalized spacial score (nSPS) is 0. The van der Waals surface area contributed by atoms with Crippen molar-refractivity contribution in [2.45, 2.75) is 0 Å². The first-order chi connectivity index (χ1) is 0. The van der Waals surface area contributed by atoms with Gasteiger partial charge in [-0.1, -0.05) is 0 Å². The van der Waals surface area contributed by atoms with Crippen LogP contribution in [0.4, 0.5) is 0 Å².